The van der Waals surface area contributed by atoms with Crippen LogP contribution in [-0.2, 0) is 35.0 Å². The number of benzene rings is 1. The van der Waals surface area contributed by atoms with E-state index in [-0.39, 0.29) is 0 Å². The summed E-state index contributed by atoms with van der Waals surface area (Å²) in [5.74, 6) is 0. The maximum absolute atomic E-state index is 5.71. The van der Waals surface area contributed by atoms with Crippen LogP contribution in [0.15, 0.2) is 30.3 Å². The summed E-state index contributed by atoms with van der Waals surface area (Å²) in [5, 5.41) is 0. The summed E-state index contributed by atoms with van der Waals surface area (Å²) < 4.78 is 32.1. The second kappa shape index (κ2) is 19.3. The smallest absolute Gasteiger partial charge is 0.103 e. The van der Waals surface area contributed by atoms with E-state index in [9.17, 15) is 0 Å². The maximum atomic E-state index is 5.71. The topological polar surface area (TPSA) is 59.8 Å². The minimum absolute atomic E-state index is 0.601. The lowest BCUT2D eigenvalue weighted by Crippen LogP contribution is -3.11. The van der Waals surface area contributed by atoms with Crippen molar-refractivity contribution in [1.29, 1.82) is 0 Å². The van der Waals surface area contributed by atoms with Gasteiger partial charge >= 0.3 is 0 Å². The zero-order valence-electron chi connectivity index (χ0n) is 17.5. The van der Waals surface area contributed by atoms with Crippen LogP contribution >= 0.6 is 0 Å². The molecule has 7 heteroatoms. The van der Waals surface area contributed by atoms with Gasteiger partial charge in [0.2, 0.25) is 0 Å². The van der Waals surface area contributed by atoms with E-state index in [2.05, 4.69) is 24.3 Å². The third-order valence-electron chi connectivity index (χ3n) is 4.10. The zero-order valence-corrected chi connectivity index (χ0v) is 17.5. The Hall–Kier alpha value is -1.06. The van der Waals surface area contributed by atoms with E-state index >= 15 is 0 Å². The van der Waals surface area contributed by atoms with E-state index in [4.69, 9.17) is 28.4 Å². The van der Waals surface area contributed by atoms with E-state index in [0.717, 1.165) is 19.6 Å². The molecule has 1 N–H and O–H groups in total. The SMILES string of the molecule is COCCOCCOCC[NH+](CCOCCOCCOC)Cc1ccccc1. The highest BCUT2D eigenvalue weighted by Gasteiger charge is 2.09. The molecule has 0 bridgehead atoms. The van der Waals surface area contributed by atoms with Crippen molar-refractivity contribution >= 4 is 0 Å². The molecule has 1 rings (SSSR count). The van der Waals surface area contributed by atoms with Crippen molar-refractivity contribution < 1.29 is 33.3 Å². The Morgan fingerprint density at radius 2 is 1.00 bits per heavy atom. The number of quaternary nitrogens is 1. The zero-order chi connectivity index (χ0) is 20.1. The monoisotopic (exact) mass is 400 g/mol. The highest BCUT2D eigenvalue weighted by molar-refractivity contribution is 5.13. The van der Waals surface area contributed by atoms with E-state index in [0.29, 0.717) is 66.1 Å². The summed E-state index contributed by atoms with van der Waals surface area (Å²) in [6, 6.07) is 10.5. The van der Waals surface area contributed by atoms with Gasteiger partial charge in [-0.05, 0) is 0 Å². The van der Waals surface area contributed by atoms with Gasteiger partial charge in [-0.2, -0.15) is 0 Å². The Balaban J connectivity index is 2.17. The fourth-order valence-electron chi connectivity index (χ4n) is 2.55. The molecule has 1 aromatic rings. The van der Waals surface area contributed by atoms with Gasteiger partial charge in [-0.3, -0.25) is 0 Å². The van der Waals surface area contributed by atoms with E-state index in [1.807, 2.05) is 6.07 Å². The molecule has 0 aliphatic heterocycles. The number of hydrogen-bond donors (Lipinski definition) is 1. The van der Waals surface area contributed by atoms with Crippen LogP contribution in [0.25, 0.3) is 0 Å². The molecule has 0 aromatic heterocycles. The van der Waals surface area contributed by atoms with Crippen LogP contribution < -0.4 is 4.90 Å². The molecule has 0 spiro atoms. The standard InChI is InChI=1S/C21H37NO6/c1-23-12-14-27-18-16-25-10-8-22(20-21-6-4-3-5-7-21)9-11-26-17-19-28-15-13-24-2/h3-7H,8-20H2,1-2H3/p+1. The van der Waals surface area contributed by atoms with Gasteiger partial charge in [0.25, 0.3) is 0 Å². The summed E-state index contributed by atoms with van der Waals surface area (Å²) >= 11 is 0. The van der Waals surface area contributed by atoms with E-state index in [1.165, 1.54) is 10.5 Å². The number of hydrogen-bond acceptors (Lipinski definition) is 6. The van der Waals surface area contributed by atoms with E-state index in [1.54, 1.807) is 14.2 Å². The molecular weight excluding hydrogens is 362 g/mol. The molecule has 0 atom stereocenters. The van der Waals surface area contributed by atoms with Crippen molar-refractivity contribution in [3.05, 3.63) is 35.9 Å². The van der Waals surface area contributed by atoms with Crippen LogP contribution in [0.2, 0.25) is 0 Å². The predicted molar refractivity (Wildman–Crippen MR) is 108 cm³/mol. The molecule has 28 heavy (non-hydrogen) atoms. The molecule has 7 nitrogen and oxygen atoms in total. The largest absolute Gasteiger partial charge is 0.382 e. The molecular formula is C21H38NO6+. The minimum Gasteiger partial charge on any atom is -0.382 e. The average molecular weight is 401 g/mol. The van der Waals surface area contributed by atoms with Gasteiger partial charge in [0.05, 0.1) is 66.1 Å². The Morgan fingerprint density at radius 1 is 0.571 bits per heavy atom. The van der Waals surface area contributed by atoms with Crippen molar-refractivity contribution in [2.24, 2.45) is 0 Å². The molecule has 0 aliphatic carbocycles. The lowest BCUT2D eigenvalue weighted by Gasteiger charge is -2.20. The van der Waals surface area contributed by atoms with Crippen molar-refractivity contribution in [3.8, 4) is 0 Å². The molecule has 0 aliphatic rings. The first-order chi connectivity index (χ1) is 13.9. The first kappa shape index (κ1) is 25.0. The van der Waals surface area contributed by atoms with E-state index < -0.39 is 0 Å². The fraction of sp³-hybridized carbons (Fsp3) is 0.714. The summed E-state index contributed by atoms with van der Waals surface area (Å²) in [6.07, 6.45) is 0. The quantitative estimate of drug-likeness (QED) is 0.321. The number of methoxy groups -OCH3 is 2. The average Bonchev–Trinajstić information content (AvgIpc) is 2.72. The Bertz CT molecular complexity index is 414. The molecule has 0 fully saturated rings. The van der Waals surface area contributed by atoms with Crippen LogP contribution in [0.4, 0.5) is 0 Å². The maximum Gasteiger partial charge on any atom is 0.103 e. The lowest BCUT2D eigenvalue weighted by atomic mass is 10.2. The molecule has 0 amide bonds. The second-order valence-electron chi connectivity index (χ2n) is 6.35. The summed E-state index contributed by atoms with van der Waals surface area (Å²) in [7, 11) is 3.34. The van der Waals surface area contributed by atoms with Crippen LogP contribution in [0.1, 0.15) is 5.56 Å². The fourth-order valence-corrected chi connectivity index (χ4v) is 2.55. The van der Waals surface area contributed by atoms with Crippen LogP contribution in [-0.4, -0.2) is 93.4 Å². The van der Waals surface area contributed by atoms with Crippen molar-refractivity contribution in [3.63, 3.8) is 0 Å². The van der Waals surface area contributed by atoms with Crippen LogP contribution in [0, 0.1) is 0 Å². The number of nitrogens with one attached hydrogen (secondary N) is 1. The van der Waals surface area contributed by atoms with Crippen molar-refractivity contribution in [2.45, 2.75) is 6.54 Å². The molecule has 0 heterocycles. The van der Waals surface area contributed by atoms with Gasteiger partial charge in [-0.15, -0.1) is 0 Å². The Morgan fingerprint density at radius 3 is 1.46 bits per heavy atom. The van der Waals surface area contributed by atoms with Crippen LogP contribution in [0.5, 0.6) is 0 Å². The lowest BCUT2D eigenvalue weighted by molar-refractivity contribution is -0.914. The third-order valence-corrected chi connectivity index (χ3v) is 4.10. The first-order valence-electron chi connectivity index (χ1n) is 10.0. The summed E-state index contributed by atoms with van der Waals surface area (Å²) in [6.45, 7) is 9.10. The molecule has 0 saturated heterocycles. The van der Waals surface area contributed by atoms with Gasteiger partial charge < -0.3 is 33.3 Å². The number of ether oxygens (including phenoxy) is 6. The normalized spacial score (nSPS) is 11.4. The molecule has 0 unspecified atom stereocenters. The first-order valence-corrected chi connectivity index (χ1v) is 10.0. The second-order valence-corrected chi connectivity index (χ2v) is 6.35. The number of rotatable bonds is 20. The van der Waals surface area contributed by atoms with Gasteiger partial charge in [-0.1, -0.05) is 30.3 Å². The van der Waals surface area contributed by atoms with Gasteiger partial charge in [-0.25, -0.2) is 0 Å². The van der Waals surface area contributed by atoms with Crippen molar-refractivity contribution in [1.82, 2.24) is 0 Å². The van der Waals surface area contributed by atoms with Crippen molar-refractivity contribution in [2.75, 3.05) is 93.4 Å². The molecule has 162 valence electrons. The van der Waals surface area contributed by atoms with Gasteiger partial charge in [0.1, 0.15) is 19.6 Å². The predicted octanol–water partition coefficient (Wildman–Crippen LogP) is 0.431. The summed E-state index contributed by atoms with van der Waals surface area (Å²) in [4.78, 5) is 1.44. The molecule has 0 saturated carbocycles. The summed E-state index contributed by atoms with van der Waals surface area (Å²) in [5.41, 5.74) is 1.32. The highest BCUT2D eigenvalue weighted by Crippen LogP contribution is 1.95. The minimum atomic E-state index is 0.601. The van der Waals surface area contributed by atoms with Crippen LogP contribution in [0.3, 0.4) is 0 Å². The van der Waals surface area contributed by atoms with Gasteiger partial charge in [0, 0.05) is 19.8 Å². The molecule has 0 radical (unpaired) electrons. The third kappa shape index (κ3) is 14.9. The highest BCUT2D eigenvalue weighted by atomic mass is 16.5. The Kier molecular flexibility index (Phi) is 17.2. The molecule has 1 aromatic carbocycles. The van der Waals surface area contributed by atoms with Gasteiger partial charge in [0.15, 0.2) is 0 Å². The Labute approximate surface area is 169 Å².